The van der Waals surface area contributed by atoms with E-state index < -0.39 is 11.7 Å². The number of allylic oxidation sites excluding steroid dienone is 2. The number of aliphatic hydroxyl groups is 1. The molecule has 0 radical (unpaired) electrons. The summed E-state index contributed by atoms with van der Waals surface area (Å²) in [6, 6.07) is 3.88. The minimum atomic E-state index is -1.21. The molecule has 1 unspecified atom stereocenters. The summed E-state index contributed by atoms with van der Waals surface area (Å²) in [4.78, 5) is 12.1. The third-order valence-corrected chi connectivity index (χ3v) is 3.78. The molecule has 5 heteroatoms. The Hall–Kier alpha value is -2.43. The van der Waals surface area contributed by atoms with Gasteiger partial charge in [0, 0.05) is 6.08 Å². The second-order valence-corrected chi connectivity index (χ2v) is 5.50. The number of nitrogens with one attached hydrogen (secondary N) is 1. The fraction of sp³-hybridized carbons (Fsp3) is 0.312. The lowest BCUT2D eigenvalue weighted by Crippen LogP contribution is -2.47. The number of fused-ring (bicyclic) bond motifs is 1. The highest BCUT2D eigenvalue weighted by atomic mass is 16.6. The smallest absolute Gasteiger partial charge is 0.349 e. The minimum absolute atomic E-state index is 0.0691. The first kappa shape index (κ1) is 13.5. The van der Waals surface area contributed by atoms with Gasteiger partial charge in [0.1, 0.15) is 22.8 Å². The molecule has 2 heterocycles. The van der Waals surface area contributed by atoms with Crippen LogP contribution < -0.4 is 10.1 Å². The number of benzene rings is 1. The lowest BCUT2D eigenvalue weighted by molar-refractivity contribution is -0.138. The van der Waals surface area contributed by atoms with E-state index in [4.69, 9.17) is 9.47 Å². The van der Waals surface area contributed by atoms with Gasteiger partial charge in [-0.2, -0.15) is 0 Å². The van der Waals surface area contributed by atoms with Crippen LogP contribution in [0.15, 0.2) is 35.3 Å². The number of aryl methyl sites for hydroxylation is 2. The summed E-state index contributed by atoms with van der Waals surface area (Å²) in [5.74, 6) is 0.343. The van der Waals surface area contributed by atoms with Crippen molar-refractivity contribution < 1.29 is 19.4 Å². The van der Waals surface area contributed by atoms with Crippen LogP contribution in [0.3, 0.4) is 0 Å². The zero-order valence-corrected chi connectivity index (χ0v) is 12.4. The number of aliphatic hydroxyl groups excluding tert-OH is 1. The molecule has 2 N–H and O–H groups in total. The summed E-state index contributed by atoms with van der Waals surface area (Å²) < 4.78 is 11.1. The first-order chi connectivity index (χ1) is 9.82. The molecule has 1 aromatic rings. The highest BCUT2D eigenvalue weighted by Crippen LogP contribution is 2.45. The van der Waals surface area contributed by atoms with Crippen molar-refractivity contribution in [2.24, 2.45) is 0 Å². The number of esters is 1. The van der Waals surface area contributed by atoms with Gasteiger partial charge in [-0.05, 0) is 51.0 Å². The maximum absolute atomic E-state index is 12.1. The number of carbonyl (C=O) groups is 1. The average Bonchev–Trinajstić information content (AvgIpc) is 2.64. The van der Waals surface area contributed by atoms with Gasteiger partial charge in [-0.15, -0.1) is 0 Å². The number of hydrogen-bond donors (Lipinski definition) is 2. The molecule has 2 aliphatic rings. The van der Waals surface area contributed by atoms with Gasteiger partial charge in [0.05, 0.1) is 5.69 Å². The number of cyclic esters (lactones) is 1. The van der Waals surface area contributed by atoms with Gasteiger partial charge in [0.15, 0.2) is 0 Å². The van der Waals surface area contributed by atoms with Crippen LogP contribution in [0.5, 0.6) is 5.75 Å². The molecule has 1 aromatic carbocycles. The van der Waals surface area contributed by atoms with E-state index in [1.54, 1.807) is 13.0 Å². The molecule has 0 bridgehead atoms. The summed E-state index contributed by atoms with van der Waals surface area (Å²) in [5.41, 5.74) is 1.86. The molecule has 110 valence electrons. The predicted octanol–water partition coefficient (Wildman–Crippen LogP) is 3.10. The fourth-order valence-corrected chi connectivity index (χ4v) is 2.70. The molecular weight excluding hydrogens is 270 g/mol. The van der Waals surface area contributed by atoms with Crippen molar-refractivity contribution in [1.82, 2.24) is 0 Å². The van der Waals surface area contributed by atoms with E-state index in [-0.39, 0.29) is 11.3 Å². The number of hydrogen-bond acceptors (Lipinski definition) is 5. The van der Waals surface area contributed by atoms with Crippen LogP contribution in [0, 0.1) is 13.8 Å². The largest absolute Gasteiger partial charge is 0.512 e. The van der Waals surface area contributed by atoms with E-state index in [2.05, 4.69) is 5.32 Å². The van der Waals surface area contributed by atoms with Crippen LogP contribution in [0.25, 0.3) is 0 Å². The third kappa shape index (κ3) is 1.96. The van der Waals surface area contributed by atoms with Crippen molar-refractivity contribution in [3.63, 3.8) is 0 Å². The second-order valence-electron chi connectivity index (χ2n) is 5.50. The zero-order valence-electron chi connectivity index (χ0n) is 12.4. The number of carbonyl (C=O) groups excluding carboxylic acids is 1. The molecule has 0 aliphatic carbocycles. The van der Waals surface area contributed by atoms with Crippen LogP contribution in [-0.2, 0) is 9.53 Å². The molecule has 0 aromatic heterocycles. The van der Waals surface area contributed by atoms with Gasteiger partial charge in [0.25, 0.3) is 0 Å². The van der Waals surface area contributed by atoms with Crippen molar-refractivity contribution in [2.45, 2.75) is 33.4 Å². The van der Waals surface area contributed by atoms with E-state index >= 15 is 0 Å². The standard InChI is InChI=1S/C16H17NO4/c1-8-5-12-13(6-9(8)2)21-16(17-12)7-10(3)20-15(19)14(16)11(4)18/h5-7,17-18H,1-4H3/b14-11+. The monoisotopic (exact) mass is 287 g/mol. The van der Waals surface area contributed by atoms with E-state index in [9.17, 15) is 9.90 Å². The van der Waals surface area contributed by atoms with Gasteiger partial charge in [0.2, 0.25) is 5.72 Å². The Morgan fingerprint density at radius 2 is 1.90 bits per heavy atom. The van der Waals surface area contributed by atoms with Crippen molar-refractivity contribution >= 4 is 11.7 Å². The number of anilines is 1. The molecule has 0 saturated carbocycles. The molecule has 2 aliphatic heterocycles. The summed E-state index contributed by atoms with van der Waals surface area (Å²) in [6.07, 6.45) is 1.66. The second kappa shape index (κ2) is 4.28. The van der Waals surface area contributed by atoms with Crippen molar-refractivity contribution in [1.29, 1.82) is 0 Å². The minimum Gasteiger partial charge on any atom is -0.512 e. The van der Waals surface area contributed by atoms with Crippen LogP contribution in [-0.4, -0.2) is 16.8 Å². The van der Waals surface area contributed by atoms with E-state index in [0.29, 0.717) is 11.5 Å². The van der Waals surface area contributed by atoms with Gasteiger partial charge >= 0.3 is 5.97 Å². The fourth-order valence-electron chi connectivity index (χ4n) is 2.70. The highest BCUT2D eigenvalue weighted by Gasteiger charge is 2.49. The quantitative estimate of drug-likeness (QED) is 0.436. The van der Waals surface area contributed by atoms with E-state index in [1.165, 1.54) is 6.92 Å². The first-order valence-corrected chi connectivity index (χ1v) is 6.73. The Balaban J connectivity index is 2.16. The van der Waals surface area contributed by atoms with Gasteiger partial charge in [-0.25, -0.2) is 4.79 Å². The molecule has 0 saturated heterocycles. The van der Waals surface area contributed by atoms with Gasteiger partial charge in [-0.3, -0.25) is 0 Å². The lowest BCUT2D eigenvalue weighted by atomic mass is 9.98. The number of ether oxygens (including phenoxy) is 2. The van der Waals surface area contributed by atoms with Crippen molar-refractivity contribution in [2.75, 3.05) is 5.32 Å². The molecule has 1 atom stereocenters. The van der Waals surface area contributed by atoms with E-state index in [0.717, 1.165) is 16.8 Å². The molecular formula is C16H17NO4. The molecule has 5 nitrogen and oxygen atoms in total. The van der Waals surface area contributed by atoms with Crippen LogP contribution in [0.1, 0.15) is 25.0 Å². The maximum atomic E-state index is 12.1. The Bertz CT molecular complexity index is 680. The van der Waals surface area contributed by atoms with Crippen molar-refractivity contribution in [3.05, 3.63) is 46.4 Å². The Morgan fingerprint density at radius 3 is 2.57 bits per heavy atom. The van der Waals surface area contributed by atoms with Gasteiger partial charge < -0.3 is 19.9 Å². The molecule has 0 amide bonds. The number of rotatable bonds is 0. The molecule has 1 spiro atoms. The van der Waals surface area contributed by atoms with E-state index in [1.807, 2.05) is 26.0 Å². The average molecular weight is 287 g/mol. The van der Waals surface area contributed by atoms with Crippen molar-refractivity contribution in [3.8, 4) is 5.75 Å². The van der Waals surface area contributed by atoms with Crippen LogP contribution in [0.2, 0.25) is 0 Å². The summed E-state index contributed by atoms with van der Waals surface area (Å²) in [7, 11) is 0. The van der Waals surface area contributed by atoms with Crippen LogP contribution >= 0.6 is 0 Å². The summed E-state index contributed by atoms with van der Waals surface area (Å²) in [6.45, 7) is 7.12. The summed E-state index contributed by atoms with van der Waals surface area (Å²) >= 11 is 0. The maximum Gasteiger partial charge on any atom is 0.349 e. The Labute approximate surface area is 122 Å². The molecule has 3 rings (SSSR count). The highest BCUT2D eigenvalue weighted by molar-refractivity contribution is 5.95. The lowest BCUT2D eigenvalue weighted by Gasteiger charge is -2.31. The third-order valence-electron chi connectivity index (χ3n) is 3.78. The zero-order chi connectivity index (χ0) is 15.4. The van der Waals surface area contributed by atoms with Crippen LogP contribution in [0.4, 0.5) is 5.69 Å². The molecule has 0 fully saturated rings. The Morgan fingerprint density at radius 1 is 1.24 bits per heavy atom. The SMILES string of the molecule is CC1=CC2(Nc3cc(C)c(C)cc3O2)/C(=C(\C)O)C(=O)O1. The predicted molar refractivity (Wildman–Crippen MR) is 78.1 cm³/mol. The Kier molecular flexibility index (Phi) is 2.76. The first-order valence-electron chi connectivity index (χ1n) is 6.73. The topological polar surface area (TPSA) is 67.8 Å². The molecule has 21 heavy (non-hydrogen) atoms. The van der Waals surface area contributed by atoms with Gasteiger partial charge in [-0.1, -0.05) is 0 Å². The normalized spacial score (nSPS) is 25.7. The summed E-state index contributed by atoms with van der Waals surface area (Å²) in [5, 5.41) is 13.1.